The number of piperidine rings is 2. The lowest BCUT2D eigenvalue weighted by Gasteiger charge is -2.37. The maximum atomic E-state index is 13.5. The average molecular weight is 795 g/mol. The molecule has 9 rings (SSSR count). The lowest BCUT2D eigenvalue weighted by molar-refractivity contribution is -0.135. The quantitative estimate of drug-likeness (QED) is 0.168. The molecule has 1 aromatic carbocycles. The van der Waals surface area contributed by atoms with Gasteiger partial charge in [-0.15, -0.1) is 0 Å². The van der Waals surface area contributed by atoms with Crippen LogP contribution in [-0.4, -0.2) is 109 Å². The van der Waals surface area contributed by atoms with E-state index in [1.807, 2.05) is 36.7 Å². The monoisotopic (exact) mass is 794 g/mol. The number of hydrogen-bond donors (Lipinski definition) is 3. The minimum absolute atomic E-state index is 0.218. The van der Waals surface area contributed by atoms with Gasteiger partial charge in [-0.25, -0.2) is 18.7 Å². The summed E-state index contributed by atoms with van der Waals surface area (Å²) in [6.07, 6.45) is 12.0. The Labute approximate surface area is 334 Å². The fourth-order valence-electron chi connectivity index (χ4n) is 9.29. The molecule has 58 heavy (non-hydrogen) atoms. The number of carbonyl (C=O) groups is 3. The normalized spacial score (nSPS) is 24.3. The van der Waals surface area contributed by atoms with Gasteiger partial charge in [0.2, 0.25) is 11.8 Å². The molecule has 2 aliphatic heterocycles. The molecule has 0 spiro atoms. The van der Waals surface area contributed by atoms with E-state index < -0.39 is 30.1 Å². The lowest BCUT2D eigenvalue weighted by Crippen LogP contribution is -2.44. The summed E-state index contributed by atoms with van der Waals surface area (Å²) in [7, 11) is 5.64. The van der Waals surface area contributed by atoms with Crippen molar-refractivity contribution in [3.63, 3.8) is 0 Å². The first-order valence-corrected chi connectivity index (χ1v) is 20.6. The van der Waals surface area contributed by atoms with Gasteiger partial charge in [0.15, 0.2) is 11.3 Å². The van der Waals surface area contributed by atoms with E-state index in [-0.39, 0.29) is 23.7 Å². The summed E-state index contributed by atoms with van der Waals surface area (Å²) in [5.41, 5.74) is 5.30. The number of anilines is 2. The second kappa shape index (κ2) is 15.3. The molecule has 16 nitrogen and oxygen atoms in total. The SMILES string of the molecule is CNc1cc(-c2cnn(C3CCC(CN4CCC(CN(C)c5ccc6c(c5)n(C)c(=O)n6C5CCC(=O)NC5=O)CC4)CC3)c2)nn2c(C(=O)NC3C[C@@H]3F)cnc12. The molecular formula is C41H51FN12O4. The maximum Gasteiger partial charge on any atom is 0.329 e. The smallest absolute Gasteiger partial charge is 0.329 e. The maximum absolute atomic E-state index is 13.5. The number of aryl methyl sites for hydroxylation is 1. The van der Waals surface area contributed by atoms with Crippen LogP contribution in [0.3, 0.4) is 0 Å². The Balaban J connectivity index is 0.765. The molecule has 6 heterocycles. The summed E-state index contributed by atoms with van der Waals surface area (Å²) in [6.45, 7) is 4.23. The molecule has 2 aliphatic carbocycles. The van der Waals surface area contributed by atoms with Crippen LogP contribution in [-0.2, 0) is 16.6 Å². The zero-order chi connectivity index (χ0) is 40.2. The zero-order valence-corrected chi connectivity index (χ0v) is 33.2. The van der Waals surface area contributed by atoms with Crippen molar-refractivity contribution >= 4 is 45.8 Å². The number of aromatic nitrogens is 7. The molecule has 2 saturated heterocycles. The van der Waals surface area contributed by atoms with Crippen molar-refractivity contribution in [2.45, 2.75) is 82.1 Å². The molecule has 2 unspecified atom stereocenters. The third kappa shape index (κ3) is 7.24. The van der Waals surface area contributed by atoms with Crippen LogP contribution in [0.1, 0.15) is 80.4 Å². The molecule has 4 aromatic heterocycles. The summed E-state index contributed by atoms with van der Waals surface area (Å²) in [4.78, 5) is 59.7. The van der Waals surface area contributed by atoms with Crippen molar-refractivity contribution in [2.24, 2.45) is 18.9 Å². The molecule has 306 valence electrons. The summed E-state index contributed by atoms with van der Waals surface area (Å²) < 4.78 is 20.2. The predicted octanol–water partition coefficient (Wildman–Crippen LogP) is 3.69. The van der Waals surface area contributed by atoms with Crippen LogP contribution < -0.4 is 26.5 Å². The van der Waals surface area contributed by atoms with E-state index in [0.29, 0.717) is 47.6 Å². The molecule has 17 heteroatoms. The summed E-state index contributed by atoms with van der Waals surface area (Å²) in [5.74, 6) is 0.117. The Hall–Kier alpha value is -5.58. The first-order valence-electron chi connectivity index (χ1n) is 20.6. The fraction of sp³-hybridized carbons (Fsp3) is 0.537. The van der Waals surface area contributed by atoms with Gasteiger partial charge in [0.1, 0.15) is 12.2 Å². The van der Waals surface area contributed by atoms with Crippen molar-refractivity contribution in [3.05, 3.63) is 59.0 Å². The summed E-state index contributed by atoms with van der Waals surface area (Å²) >= 11 is 0. The Morgan fingerprint density at radius 3 is 2.50 bits per heavy atom. The van der Waals surface area contributed by atoms with Gasteiger partial charge in [-0.1, -0.05) is 0 Å². The largest absolute Gasteiger partial charge is 0.385 e. The number of nitrogens with one attached hydrogen (secondary N) is 3. The topological polar surface area (TPSA) is 169 Å². The number of amides is 3. The van der Waals surface area contributed by atoms with Crippen LogP contribution in [0.25, 0.3) is 27.9 Å². The van der Waals surface area contributed by atoms with Crippen molar-refractivity contribution in [3.8, 4) is 11.3 Å². The molecule has 4 aliphatic rings. The van der Waals surface area contributed by atoms with Gasteiger partial charge in [-0.3, -0.25) is 33.5 Å². The highest BCUT2D eigenvalue weighted by Gasteiger charge is 2.39. The van der Waals surface area contributed by atoms with Crippen LogP contribution in [0, 0.1) is 11.8 Å². The highest BCUT2D eigenvalue weighted by Crippen LogP contribution is 2.35. The highest BCUT2D eigenvalue weighted by atomic mass is 19.1. The van der Waals surface area contributed by atoms with Gasteiger partial charge in [-0.05, 0) is 94.1 Å². The molecule has 3 amide bonds. The Morgan fingerprint density at radius 2 is 1.78 bits per heavy atom. The molecule has 2 saturated carbocycles. The van der Waals surface area contributed by atoms with E-state index in [2.05, 4.69) is 42.5 Å². The second-order valence-corrected chi connectivity index (χ2v) is 16.8. The van der Waals surface area contributed by atoms with Gasteiger partial charge in [0.25, 0.3) is 5.91 Å². The third-order valence-corrected chi connectivity index (χ3v) is 12.9. The van der Waals surface area contributed by atoms with Crippen LogP contribution in [0.5, 0.6) is 0 Å². The van der Waals surface area contributed by atoms with Crippen molar-refractivity contribution in [2.75, 3.05) is 50.5 Å². The number of fused-ring (bicyclic) bond motifs is 2. The highest BCUT2D eigenvalue weighted by molar-refractivity contribution is 6.00. The van der Waals surface area contributed by atoms with E-state index in [1.165, 1.54) is 15.3 Å². The van der Waals surface area contributed by atoms with Crippen LogP contribution in [0.2, 0.25) is 0 Å². The Bertz CT molecular complexity index is 2440. The standard InChI is InChI=1S/C41H51FN12O4/c1-43-32-18-30(48-54-36(20-44-38(32)54)40(57)46-31-17-29(31)42)26-19-45-52(23-26)27-6-4-24(5-7-27)22-51-14-12-25(13-15-51)21-49(2)28-8-9-33-35(16-28)50(3)41(58)53(33)34-10-11-37(55)47-39(34)56/h8-9,16,18-20,23-25,27,29,31,34,43H,4-7,10-15,17,21-22H2,1-3H3,(H,46,57)(H,47,55,56)/t24?,27?,29-,31?,34?/m0/s1. The third-order valence-electron chi connectivity index (χ3n) is 12.9. The summed E-state index contributed by atoms with van der Waals surface area (Å²) in [6, 6.07) is 7.07. The number of rotatable bonds is 11. The van der Waals surface area contributed by atoms with Crippen molar-refractivity contribution < 1.29 is 18.8 Å². The van der Waals surface area contributed by atoms with Crippen LogP contribution in [0.15, 0.2) is 47.7 Å². The van der Waals surface area contributed by atoms with Crippen LogP contribution >= 0.6 is 0 Å². The predicted molar refractivity (Wildman–Crippen MR) is 217 cm³/mol. The Morgan fingerprint density at radius 1 is 1.00 bits per heavy atom. The number of hydrogen-bond acceptors (Lipinski definition) is 10. The number of imidazole rings is 2. The second-order valence-electron chi connectivity index (χ2n) is 16.8. The number of nitrogens with zero attached hydrogens (tertiary/aromatic N) is 9. The van der Waals surface area contributed by atoms with Gasteiger partial charge in [0, 0.05) is 64.5 Å². The first kappa shape index (κ1) is 38.0. The average Bonchev–Trinajstić information content (AvgIpc) is 3.55. The van der Waals surface area contributed by atoms with Gasteiger partial charge < -0.3 is 20.4 Å². The number of alkyl halides is 1. The molecular weight excluding hydrogens is 744 g/mol. The minimum Gasteiger partial charge on any atom is -0.385 e. The number of benzene rings is 1. The van der Waals surface area contributed by atoms with E-state index in [0.717, 1.165) is 87.2 Å². The lowest BCUT2D eigenvalue weighted by atomic mass is 9.85. The number of imide groups is 1. The number of carbonyl (C=O) groups excluding carboxylic acids is 3. The molecule has 3 atom stereocenters. The van der Waals surface area contributed by atoms with E-state index in [1.54, 1.807) is 18.7 Å². The fourth-order valence-corrected chi connectivity index (χ4v) is 9.29. The number of likely N-dealkylation sites (tertiary alicyclic amines) is 1. The first-order chi connectivity index (χ1) is 28.0. The molecule has 5 aromatic rings. The molecule has 0 bridgehead atoms. The Kier molecular flexibility index (Phi) is 10.0. The molecule has 0 radical (unpaired) electrons. The minimum atomic E-state index is -0.995. The summed E-state index contributed by atoms with van der Waals surface area (Å²) in [5, 5.41) is 17.8. The zero-order valence-electron chi connectivity index (χ0n) is 33.2. The van der Waals surface area contributed by atoms with Gasteiger partial charge in [-0.2, -0.15) is 10.2 Å². The van der Waals surface area contributed by atoms with Crippen molar-refractivity contribution in [1.29, 1.82) is 0 Å². The van der Waals surface area contributed by atoms with Gasteiger partial charge >= 0.3 is 5.69 Å². The van der Waals surface area contributed by atoms with Crippen LogP contribution in [0.4, 0.5) is 15.8 Å². The number of halogens is 1. The molecule has 3 N–H and O–H groups in total. The molecule has 4 fully saturated rings. The van der Waals surface area contributed by atoms with Gasteiger partial charge in [0.05, 0.1) is 46.9 Å². The van der Waals surface area contributed by atoms with E-state index in [4.69, 9.17) is 10.2 Å². The van der Waals surface area contributed by atoms with E-state index in [9.17, 15) is 23.6 Å². The van der Waals surface area contributed by atoms with Crippen molar-refractivity contribution in [1.82, 2.24) is 49.0 Å². The van der Waals surface area contributed by atoms with E-state index >= 15 is 0 Å².